The van der Waals surface area contributed by atoms with E-state index in [4.69, 9.17) is 16.3 Å². The highest BCUT2D eigenvalue weighted by molar-refractivity contribution is 6.32. The van der Waals surface area contributed by atoms with Crippen LogP contribution in [0.15, 0.2) is 54.7 Å². The van der Waals surface area contributed by atoms with Crippen molar-refractivity contribution in [2.45, 2.75) is 20.5 Å². The maximum Gasteiger partial charge on any atom is 0.165 e. The zero-order chi connectivity index (χ0) is 21.8. The molecule has 0 radical (unpaired) electrons. The molecular formula is C23H21ClFN5O. The summed E-state index contributed by atoms with van der Waals surface area (Å²) in [4.78, 5) is 18.2. The number of nitrogens with zero attached hydrogens (tertiary/aromatic N) is 4. The molecule has 0 unspecified atom stereocenters. The van der Waals surface area contributed by atoms with E-state index in [1.807, 2.05) is 12.1 Å². The maximum atomic E-state index is 13.3. The summed E-state index contributed by atoms with van der Waals surface area (Å²) < 4.78 is 19.0. The molecule has 4 aromatic rings. The Bertz CT molecular complexity index is 1200. The second kappa shape index (κ2) is 9.32. The molecule has 1 aromatic carbocycles. The van der Waals surface area contributed by atoms with E-state index in [-0.39, 0.29) is 12.4 Å². The number of hydrogen-bond acceptors (Lipinski definition) is 6. The summed E-state index contributed by atoms with van der Waals surface area (Å²) >= 11 is 6.29. The Morgan fingerprint density at radius 1 is 1.03 bits per heavy atom. The predicted octanol–water partition coefficient (Wildman–Crippen LogP) is 5.80. The van der Waals surface area contributed by atoms with E-state index in [2.05, 4.69) is 39.1 Å². The van der Waals surface area contributed by atoms with Gasteiger partial charge in [0.15, 0.2) is 11.5 Å². The molecule has 3 heterocycles. The van der Waals surface area contributed by atoms with Crippen LogP contribution >= 0.6 is 11.6 Å². The molecule has 0 aliphatic carbocycles. The van der Waals surface area contributed by atoms with E-state index < -0.39 is 0 Å². The van der Waals surface area contributed by atoms with Gasteiger partial charge in [0.25, 0.3) is 0 Å². The van der Waals surface area contributed by atoms with Gasteiger partial charge in [-0.2, -0.15) is 0 Å². The van der Waals surface area contributed by atoms with E-state index in [0.29, 0.717) is 57.3 Å². The van der Waals surface area contributed by atoms with Gasteiger partial charge in [-0.15, -0.1) is 0 Å². The highest BCUT2D eigenvalue weighted by Crippen LogP contribution is 2.28. The van der Waals surface area contributed by atoms with Crippen LogP contribution in [0, 0.1) is 11.7 Å². The van der Waals surface area contributed by atoms with Gasteiger partial charge >= 0.3 is 0 Å². The number of fused-ring (bicyclic) bond motifs is 1. The Balaban J connectivity index is 1.76. The fraction of sp³-hybridized carbons (Fsp3) is 0.217. The van der Waals surface area contributed by atoms with Gasteiger partial charge in [-0.3, -0.25) is 4.98 Å². The van der Waals surface area contributed by atoms with Crippen molar-refractivity contribution >= 4 is 34.1 Å². The molecule has 0 bridgehead atoms. The molecule has 0 amide bonds. The molecular weight excluding hydrogens is 417 g/mol. The fourth-order valence-electron chi connectivity index (χ4n) is 2.98. The summed E-state index contributed by atoms with van der Waals surface area (Å²) in [6.07, 6.45) is 1.67. The summed E-state index contributed by atoms with van der Waals surface area (Å²) in [6.45, 7) is 5.00. The molecule has 0 saturated carbocycles. The van der Waals surface area contributed by atoms with Crippen molar-refractivity contribution in [3.05, 3.63) is 71.4 Å². The third kappa shape index (κ3) is 5.13. The lowest BCUT2D eigenvalue weighted by molar-refractivity contribution is 0.0925. The van der Waals surface area contributed by atoms with E-state index in [9.17, 15) is 4.39 Å². The molecule has 0 fully saturated rings. The second-order valence-corrected chi connectivity index (χ2v) is 7.84. The van der Waals surface area contributed by atoms with Crippen molar-refractivity contribution in [1.29, 1.82) is 0 Å². The number of aromatic nitrogens is 4. The molecule has 0 aliphatic rings. The van der Waals surface area contributed by atoms with E-state index in [1.54, 1.807) is 30.5 Å². The van der Waals surface area contributed by atoms with Gasteiger partial charge in [-0.05, 0) is 54.4 Å². The van der Waals surface area contributed by atoms with Gasteiger partial charge in [0.1, 0.15) is 23.9 Å². The van der Waals surface area contributed by atoms with Crippen LogP contribution < -0.4 is 5.32 Å². The molecule has 0 atom stereocenters. The van der Waals surface area contributed by atoms with Crippen LogP contribution in [0.2, 0.25) is 5.02 Å². The molecule has 8 heteroatoms. The molecule has 31 heavy (non-hydrogen) atoms. The van der Waals surface area contributed by atoms with Crippen LogP contribution in [0.1, 0.15) is 19.7 Å². The number of hydrogen-bond donors (Lipinski definition) is 1. The molecule has 0 spiro atoms. The summed E-state index contributed by atoms with van der Waals surface area (Å²) in [6, 6.07) is 13.3. The zero-order valence-corrected chi connectivity index (χ0v) is 17.9. The first kappa shape index (κ1) is 21.1. The number of halogens is 2. The van der Waals surface area contributed by atoms with Gasteiger partial charge < -0.3 is 10.1 Å². The van der Waals surface area contributed by atoms with Crippen molar-refractivity contribution in [3.63, 3.8) is 0 Å². The molecule has 158 valence electrons. The summed E-state index contributed by atoms with van der Waals surface area (Å²) in [5.74, 6) is 1.15. The van der Waals surface area contributed by atoms with Crippen LogP contribution in [-0.2, 0) is 11.3 Å². The van der Waals surface area contributed by atoms with Crippen LogP contribution in [0.25, 0.3) is 22.4 Å². The van der Waals surface area contributed by atoms with Crippen molar-refractivity contribution in [1.82, 2.24) is 19.9 Å². The number of anilines is 2. The number of pyridine rings is 2. The van der Waals surface area contributed by atoms with Crippen LogP contribution in [0.3, 0.4) is 0 Å². The third-order valence-corrected chi connectivity index (χ3v) is 4.70. The zero-order valence-electron chi connectivity index (χ0n) is 17.1. The minimum atomic E-state index is -0.306. The lowest BCUT2D eigenvalue weighted by Gasteiger charge is -2.12. The fourth-order valence-corrected chi connectivity index (χ4v) is 3.20. The lowest BCUT2D eigenvalue weighted by atomic mass is 10.2. The Hall–Kier alpha value is -3.16. The number of benzene rings is 1. The van der Waals surface area contributed by atoms with Crippen LogP contribution in [0.5, 0.6) is 0 Å². The number of rotatable bonds is 7. The lowest BCUT2D eigenvalue weighted by Crippen LogP contribution is -2.07. The average molecular weight is 438 g/mol. The molecule has 3 aromatic heterocycles. The molecule has 1 N–H and O–H groups in total. The molecule has 0 aliphatic heterocycles. The highest BCUT2D eigenvalue weighted by Gasteiger charge is 2.13. The monoisotopic (exact) mass is 437 g/mol. The first-order valence-corrected chi connectivity index (χ1v) is 10.3. The quantitative estimate of drug-likeness (QED) is 0.394. The summed E-state index contributed by atoms with van der Waals surface area (Å²) in [5, 5.41) is 4.45. The summed E-state index contributed by atoms with van der Waals surface area (Å²) in [5.41, 5.74) is 2.38. The minimum absolute atomic E-state index is 0.252. The molecule has 4 rings (SSSR count). The Morgan fingerprint density at radius 2 is 1.84 bits per heavy atom. The topological polar surface area (TPSA) is 72.8 Å². The minimum Gasteiger partial charge on any atom is -0.373 e. The Labute approximate surface area is 184 Å². The second-order valence-electron chi connectivity index (χ2n) is 7.43. The van der Waals surface area contributed by atoms with E-state index in [0.717, 1.165) is 0 Å². The number of ether oxygens (including phenoxy) is 1. The van der Waals surface area contributed by atoms with Gasteiger partial charge in [0.2, 0.25) is 0 Å². The summed E-state index contributed by atoms with van der Waals surface area (Å²) in [7, 11) is 0. The standard InChI is InChI=1S/C23H21ClFN5O/c1-14(2)12-31-13-20-29-22(27-16-7-5-15(25)6-8-16)17-9-10-19(28-23(17)30-20)21-18(24)4-3-11-26-21/h3-11,14H,12-13H2,1-2H3,(H,27,28,29,30). The van der Waals surface area contributed by atoms with Crippen LogP contribution in [-0.4, -0.2) is 26.5 Å². The molecule has 6 nitrogen and oxygen atoms in total. The first-order valence-electron chi connectivity index (χ1n) is 9.88. The Morgan fingerprint density at radius 3 is 2.58 bits per heavy atom. The van der Waals surface area contributed by atoms with Crippen molar-refractivity contribution in [3.8, 4) is 11.4 Å². The molecule has 0 saturated heterocycles. The van der Waals surface area contributed by atoms with Gasteiger partial charge in [-0.25, -0.2) is 19.3 Å². The van der Waals surface area contributed by atoms with Crippen LogP contribution in [0.4, 0.5) is 15.9 Å². The highest BCUT2D eigenvalue weighted by atomic mass is 35.5. The maximum absolute atomic E-state index is 13.3. The van der Waals surface area contributed by atoms with Crippen molar-refractivity contribution in [2.75, 3.05) is 11.9 Å². The third-order valence-electron chi connectivity index (χ3n) is 4.40. The van der Waals surface area contributed by atoms with Crippen molar-refractivity contribution in [2.24, 2.45) is 5.92 Å². The largest absolute Gasteiger partial charge is 0.373 e. The van der Waals surface area contributed by atoms with E-state index in [1.165, 1.54) is 12.1 Å². The number of nitrogens with one attached hydrogen (secondary N) is 1. The van der Waals surface area contributed by atoms with E-state index >= 15 is 0 Å². The van der Waals surface area contributed by atoms with Crippen molar-refractivity contribution < 1.29 is 9.13 Å². The predicted molar refractivity (Wildman–Crippen MR) is 120 cm³/mol. The first-order chi connectivity index (χ1) is 15.0. The average Bonchev–Trinajstić information content (AvgIpc) is 2.75. The Kier molecular flexibility index (Phi) is 6.34. The smallest absolute Gasteiger partial charge is 0.165 e. The van der Waals surface area contributed by atoms with Gasteiger partial charge in [0.05, 0.1) is 16.1 Å². The normalized spacial score (nSPS) is 11.3. The SMILES string of the molecule is CC(C)COCc1nc(Nc2ccc(F)cc2)c2ccc(-c3ncccc3Cl)nc2n1. The van der Waals surface area contributed by atoms with Gasteiger partial charge in [0, 0.05) is 18.5 Å². The van der Waals surface area contributed by atoms with Gasteiger partial charge in [-0.1, -0.05) is 25.4 Å².